The third kappa shape index (κ3) is 5.11. The predicted molar refractivity (Wildman–Crippen MR) is 190 cm³/mol. The normalized spacial score (nSPS) is 43.6. The fourth-order valence-corrected chi connectivity index (χ4v) is 12.3. The molecule has 2 bridgehead atoms. The minimum atomic E-state index is -0.646. The van der Waals surface area contributed by atoms with Crippen LogP contribution in [0.2, 0.25) is 0 Å². The second kappa shape index (κ2) is 12.0. The third-order valence-electron chi connectivity index (χ3n) is 16.2. The van der Waals surface area contributed by atoms with Gasteiger partial charge in [-0.3, -0.25) is 4.79 Å². The van der Waals surface area contributed by atoms with Crippen LogP contribution in [-0.2, 0) is 20.9 Å². The van der Waals surface area contributed by atoms with Gasteiger partial charge in [0.2, 0.25) is 5.95 Å². The van der Waals surface area contributed by atoms with Crippen LogP contribution in [0.25, 0.3) is 0 Å². The lowest BCUT2D eigenvalue weighted by Gasteiger charge is -2.71. The molecule has 4 aliphatic carbocycles. The van der Waals surface area contributed by atoms with Crippen molar-refractivity contribution in [2.45, 2.75) is 132 Å². The Kier molecular flexibility index (Phi) is 9.02. The Morgan fingerprint density at radius 3 is 2.43 bits per heavy atom. The highest BCUT2D eigenvalue weighted by molar-refractivity contribution is 5.73. The van der Waals surface area contributed by atoms with Crippen molar-refractivity contribution in [3.8, 4) is 0 Å². The first kappa shape index (κ1) is 36.8. The number of carbonyl (C=O) groups is 1. The Labute approximate surface area is 294 Å². The minimum Gasteiger partial charge on any atom is -0.481 e. The zero-order valence-electron chi connectivity index (χ0n) is 31.9. The molecule has 1 aromatic rings. The van der Waals surface area contributed by atoms with Gasteiger partial charge >= 0.3 is 5.97 Å². The molecule has 6 rings (SSSR count). The number of aliphatic hydroxyl groups excluding tert-OH is 1. The Bertz CT molecular complexity index is 1470. The summed E-state index contributed by atoms with van der Waals surface area (Å²) in [6, 6.07) is -0.242. The van der Waals surface area contributed by atoms with Crippen molar-refractivity contribution >= 4 is 11.9 Å². The van der Waals surface area contributed by atoms with Crippen LogP contribution in [0.5, 0.6) is 0 Å². The molecule has 12 atom stereocenters. The van der Waals surface area contributed by atoms with Crippen LogP contribution in [0.4, 0.5) is 5.95 Å². The molecule has 1 saturated heterocycles. The fourth-order valence-electron chi connectivity index (χ4n) is 12.3. The van der Waals surface area contributed by atoms with Crippen molar-refractivity contribution in [3.63, 3.8) is 0 Å². The number of aliphatic carboxylic acids is 1. The molecule has 0 aromatic carbocycles. The summed E-state index contributed by atoms with van der Waals surface area (Å²) in [7, 11) is 0. The quantitative estimate of drug-likeness (QED) is 0.221. The largest absolute Gasteiger partial charge is 0.481 e. The Balaban J connectivity index is 1.47. The smallest absolute Gasteiger partial charge is 0.307 e. The van der Waals surface area contributed by atoms with E-state index >= 15 is 0 Å². The molecular weight excluding hydrogens is 618 g/mol. The van der Waals surface area contributed by atoms with Crippen LogP contribution in [0, 0.1) is 62.6 Å². The van der Waals surface area contributed by atoms with E-state index in [1.807, 2.05) is 11.6 Å². The minimum absolute atomic E-state index is 0.141. The van der Waals surface area contributed by atoms with Gasteiger partial charge in [-0.2, -0.15) is 4.98 Å². The van der Waals surface area contributed by atoms with E-state index in [1.165, 1.54) is 5.57 Å². The van der Waals surface area contributed by atoms with E-state index in [4.69, 9.17) is 20.9 Å². The van der Waals surface area contributed by atoms with E-state index in [0.717, 1.165) is 38.5 Å². The average molecular weight is 684 g/mol. The lowest BCUT2D eigenvalue weighted by atomic mass is 9.34. The molecule has 0 unspecified atom stereocenters. The summed E-state index contributed by atoms with van der Waals surface area (Å²) < 4.78 is 15.5. The molecule has 49 heavy (non-hydrogen) atoms. The summed E-state index contributed by atoms with van der Waals surface area (Å²) in [4.78, 5) is 17.9. The summed E-state index contributed by atoms with van der Waals surface area (Å²) >= 11 is 0. The Morgan fingerprint density at radius 2 is 1.82 bits per heavy atom. The molecule has 1 aromatic heterocycles. The monoisotopic (exact) mass is 683 g/mol. The molecule has 6 N–H and O–H groups in total. The molecule has 5 aliphatic rings. The molecule has 10 nitrogen and oxygen atoms in total. The highest BCUT2D eigenvalue weighted by Crippen LogP contribution is 2.75. The highest BCUT2D eigenvalue weighted by Gasteiger charge is 2.72. The van der Waals surface area contributed by atoms with Gasteiger partial charge in [0.1, 0.15) is 6.61 Å². The number of nitrogens with zero attached hydrogens (tertiary/aromatic N) is 3. The van der Waals surface area contributed by atoms with Crippen molar-refractivity contribution in [1.82, 2.24) is 14.8 Å². The Hall–Kier alpha value is -2.01. The van der Waals surface area contributed by atoms with E-state index in [-0.39, 0.29) is 58.2 Å². The van der Waals surface area contributed by atoms with Crippen LogP contribution >= 0.6 is 0 Å². The van der Waals surface area contributed by atoms with Gasteiger partial charge in [0.15, 0.2) is 5.82 Å². The maximum atomic E-state index is 13.5. The fraction of sp³-hybridized carbons (Fsp3) is 0.872. The van der Waals surface area contributed by atoms with Gasteiger partial charge in [0.25, 0.3) is 0 Å². The number of carboxylic acids is 1. The molecular formula is C39H65N5O5. The second-order valence-corrected chi connectivity index (χ2v) is 19.0. The van der Waals surface area contributed by atoms with Gasteiger partial charge < -0.3 is 31.2 Å². The molecule has 0 spiro atoms. The number of hydrogen-bond donors (Lipinski definition) is 4. The first-order valence-corrected chi connectivity index (χ1v) is 19.0. The summed E-state index contributed by atoms with van der Waals surface area (Å²) in [5, 5.41) is 26.2. The number of nitrogen functional groups attached to an aromatic ring is 1. The van der Waals surface area contributed by atoms with Gasteiger partial charge in [0, 0.05) is 16.4 Å². The molecule has 1 aliphatic heterocycles. The molecule has 0 radical (unpaired) electrons. The van der Waals surface area contributed by atoms with Gasteiger partial charge in [0.05, 0.1) is 37.9 Å². The van der Waals surface area contributed by atoms with Crippen molar-refractivity contribution in [3.05, 3.63) is 17.5 Å². The number of aromatic nitrogens is 3. The van der Waals surface area contributed by atoms with E-state index in [9.17, 15) is 15.0 Å². The number of allylic oxidation sites excluding steroid dienone is 1. The summed E-state index contributed by atoms with van der Waals surface area (Å²) in [5.41, 5.74) is 12.4. The van der Waals surface area contributed by atoms with Crippen molar-refractivity contribution in [2.24, 2.45) is 68.3 Å². The number of carboxylic acid groups (broad SMARTS) is 1. The summed E-state index contributed by atoms with van der Waals surface area (Å²) in [5.74, 6) is 0.957. The number of anilines is 1. The van der Waals surface area contributed by atoms with Gasteiger partial charge in [-0.15, -0.1) is 5.10 Å². The van der Waals surface area contributed by atoms with Gasteiger partial charge in [-0.25, -0.2) is 4.68 Å². The van der Waals surface area contributed by atoms with Crippen molar-refractivity contribution in [1.29, 1.82) is 0 Å². The molecule has 276 valence electrons. The number of rotatable bonds is 9. The van der Waals surface area contributed by atoms with Crippen LogP contribution in [0.3, 0.4) is 0 Å². The number of ether oxygens (including phenoxy) is 2. The van der Waals surface area contributed by atoms with Gasteiger partial charge in [-0.1, -0.05) is 74.0 Å². The highest BCUT2D eigenvalue weighted by atomic mass is 16.5. The molecule has 10 heteroatoms. The topological polar surface area (TPSA) is 159 Å². The standard InChI is InChI=1S/C39H65N5O5/c1-22(2)24(5)34(6)15-16-36(8)25-11-12-28-35(7)19-48-21-39(28,26(25)13-14-37(36,9)30(34)32(46)47)17-27(44-29(18-45)42-33(40)43-44)31(35)49-20-38(10,41)23(3)4/h13,22-25,27-28,30-31,45H,11-12,14-21,41H2,1-10H3,(H2,40,43)(H,46,47)/t24-,25+,27-,28+,30-,31+,34-,35-,36-,37+,38+,39+/m1/s1. The molecule has 0 amide bonds. The predicted octanol–water partition coefficient (Wildman–Crippen LogP) is 6.24. The number of hydrogen-bond acceptors (Lipinski definition) is 8. The summed E-state index contributed by atoms with van der Waals surface area (Å²) in [6.45, 7) is 23.6. The second-order valence-electron chi connectivity index (χ2n) is 19.0. The van der Waals surface area contributed by atoms with E-state index in [0.29, 0.717) is 43.4 Å². The number of fused-ring (bicyclic) bond motifs is 3. The van der Waals surface area contributed by atoms with E-state index in [2.05, 4.69) is 78.5 Å². The van der Waals surface area contributed by atoms with Crippen molar-refractivity contribution in [2.75, 3.05) is 25.6 Å². The zero-order chi connectivity index (χ0) is 36.1. The SMILES string of the molecule is CC(C)[C@@H](C)[C@@]1(C)CC[C@]2(C)[C@H]3CC[C@@H]4[C@@]5(COC[C@@]4(C)[C@@H](OC[C@](C)(N)C(C)C)[C@H](n4nc(N)nc4CO)C5)C3=CC[C@@]2(C)[C@@H]1C(=O)O. The van der Waals surface area contributed by atoms with Crippen LogP contribution in [0.1, 0.15) is 120 Å². The zero-order valence-corrected chi connectivity index (χ0v) is 31.9. The number of nitrogens with two attached hydrogens (primary N) is 2. The maximum Gasteiger partial charge on any atom is 0.307 e. The number of aliphatic hydroxyl groups is 1. The van der Waals surface area contributed by atoms with E-state index in [1.54, 1.807) is 0 Å². The van der Waals surface area contributed by atoms with E-state index < -0.39 is 22.8 Å². The average Bonchev–Trinajstić information content (AvgIpc) is 3.40. The Morgan fingerprint density at radius 1 is 1.12 bits per heavy atom. The van der Waals surface area contributed by atoms with Crippen LogP contribution in [-0.4, -0.2) is 62.4 Å². The summed E-state index contributed by atoms with van der Waals surface area (Å²) in [6.07, 6.45) is 7.60. The molecule has 2 heterocycles. The van der Waals surface area contributed by atoms with Crippen LogP contribution in [0.15, 0.2) is 11.6 Å². The third-order valence-corrected chi connectivity index (χ3v) is 16.2. The van der Waals surface area contributed by atoms with Crippen molar-refractivity contribution < 1.29 is 24.5 Å². The first-order chi connectivity index (χ1) is 22.7. The van der Waals surface area contributed by atoms with Gasteiger partial charge in [-0.05, 0) is 91.3 Å². The first-order valence-electron chi connectivity index (χ1n) is 19.0. The lowest BCUT2D eigenvalue weighted by Crippen LogP contribution is -2.69. The molecule has 4 fully saturated rings. The van der Waals surface area contributed by atoms with Crippen LogP contribution < -0.4 is 11.5 Å². The molecule has 3 saturated carbocycles. The lowest BCUT2D eigenvalue weighted by molar-refractivity contribution is -0.253. The maximum absolute atomic E-state index is 13.5.